The molecule has 0 radical (unpaired) electrons. The summed E-state index contributed by atoms with van der Waals surface area (Å²) in [6.45, 7) is 5.72. The van der Waals surface area contributed by atoms with Crippen LogP contribution < -0.4 is 20.3 Å². The Morgan fingerprint density at radius 1 is 1.13 bits per heavy atom. The van der Waals surface area contributed by atoms with E-state index in [4.69, 9.17) is 34.6 Å². The molecule has 12 heteroatoms. The Morgan fingerprint density at radius 3 is 2.79 bits per heavy atom. The lowest BCUT2D eigenvalue weighted by molar-refractivity contribution is -0.00632. The van der Waals surface area contributed by atoms with Crippen molar-refractivity contribution in [3.63, 3.8) is 0 Å². The van der Waals surface area contributed by atoms with Crippen LogP contribution in [-0.2, 0) is 20.8 Å². The molecule has 0 saturated carbocycles. The lowest BCUT2D eigenvalue weighted by Crippen LogP contribution is -2.49. The van der Waals surface area contributed by atoms with Crippen LogP contribution in [-0.4, -0.2) is 97.0 Å². The number of piperidine rings is 1. The summed E-state index contributed by atoms with van der Waals surface area (Å²) < 4.78 is 23.7. The van der Waals surface area contributed by atoms with Gasteiger partial charge in [0.1, 0.15) is 17.3 Å². The number of anilines is 2. The maximum absolute atomic E-state index is 10.2. The lowest BCUT2D eigenvalue weighted by atomic mass is 9.75. The zero-order chi connectivity index (χ0) is 26.4. The van der Waals surface area contributed by atoms with Gasteiger partial charge in [0.2, 0.25) is 0 Å². The van der Waals surface area contributed by atoms with E-state index in [0.717, 1.165) is 80.8 Å². The van der Waals surface area contributed by atoms with Gasteiger partial charge in [-0.3, -0.25) is 0 Å². The number of hydrogen-bond donors (Lipinski definition) is 2. The molecule has 4 saturated heterocycles. The highest BCUT2D eigenvalue weighted by Crippen LogP contribution is 2.45. The van der Waals surface area contributed by atoms with Crippen LogP contribution in [0.1, 0.15) is 31.4 Å². The van der Waals surface area contributed by atoms with Crippen LogP contribution in [0.15, 0.2) is 28.4 Å². The van der Waals surface area contributed by atoms with Crippen molar-refractivity contribution in [1.29, 1.82) is 0 Å². The summed E-state index contributed by atoms with van der Waals surface area (Å²) in [4.78, 5) is 19.7. The topological polar surface area (TPSA) is 128 Å². The fraction of sp³-hybridized carbons (Fsp3) is 0.667. The zero-order valence-corrected chi connectivity index (χ0v) is 22.9. The number of rotatable bonds is 6. The Bertz CT molecular complexity index is 1190. The van der Waals surface area contributed by atoms with Gasteiger partial charge in [0.15, 0.2) is 17.4 Å². The summed E-state index contributed by atoms with van der Waals surface area (Å²) >= 11 is 1.49. The monoisotopic (exact) mass is 556 g/mol. The van der Waals surface area contributed by atoms with Gasteiger partial charge >= 0.3 is 0 Å². The second kappa shape index (κ2) is 10.6. The molecule has 0 bridgehead atoms. The van der Waals surface area contributed by atoms with E-state index in [1.54, 1.807) is 6.20 Å². The number of pyridine rings is 1. The fourth-order valence-corrected chi connectivity index (χ4v) is 7.45. The van der Waals surface area contributed by atoms with Gasteiger partial charge in [-0.2, -0.15) is 0 Å². The van der Waals surface area contributed by atoms with Crippen LogP contribution >= 0.6 is 11.8 Å². The van der Waals surface area contributed by atoms with Crippen molar-refractivity contribution in [1.82, 2.24) is 15.0 Å². The molecule has 0 aromatic carbocycles. The molecule has 3 N–H and O–H groups in total. The molecule has 7 rings (SSSR count). The van der Waals surface area contributed by atoms with Crippen molar-refractivity contribution in [3.8, 4) is 5.75 Å². The average molecular weight is 557 g/mol. The predicted octanol–water partition coefficient (Wildman–Crippen LogP) is 1.60. The maximum Gasteiger partial charge on any atom is 0.175 e. The number of hydrogen-bond acceptors (Lipinski definition) is 12. The van der Waals surface area contributed by atoms with E-state index < -0.39 is 0 Å². The summed E-state index contributed by atoms with van der Waals surface area (Å²) in [6.07, 6.45) is 7.75. The molecule has 4 atom stereocenters. The molecule has 1 spiro atoms. The number of aromatic nitrogens is 3. The maximum atomic E-state index is 10.2. The first kappa shape index (κ1) is 25.7. The molecule has 0 unspecified atom stereocenters. The van der Waals surface area contributed by atoms with E-state index in [9.17, 15) is 5.11 Å². The largest absolute Gasteiger partial charge is 0.486 e. The Kier molecular flexibility index (Phi) is 7.02. The fourth-order valence-electron chi connectivity index (χ4n) is 6.59. The van der Waals surface area contributed by atoms with Crippen molar-refractivity contribution in [2.75, 3.05) is 62.5 Å². The minimum Gasteiger partial charge on any atom is -0.486 e. The number of nitrogens with zero attached hydrogens (tertiary/aromatic N) is 5. The normalized spacial score (nSPS) is 29.5. The molecule has 210 valence electrons. The Morgan fingerprint density at radius 2 is 2.03 bits per heavy atom. The van der Waals surface area contributed by atoms with Crippen molar-refractivity contribution in [2.24, 2.45) is 11.1 Å². The third-order valence-corrected chi connectivity index (χ3v) is 9.83. The SMILES string of the molecule is N[C@@H]1COCC12CCN(c1ncc(Sc3ccnc4c3OC[C@@H]3C[C@H](O[C@H]5CCOC5)CN43)nc1CO)CC2. The van der Waals surface area contributed by atoms with Crippen LogP contribution in [0.4, 0.5) is 11.6 Å². The number of aliphatic hydroxyl groups is 1. The molecule has 5 aliphatic heterocycles. The molecule has 0 amide bonds. The van der Waals surface area contributed by atoms with E-state index >= 15 is 0 Å². The third kappa shape index (κ3) is 4.85. The van der Waals surface area contributed by atoms with Gasteiger partial charge < -0.3 is 39.6 Å². The molecule has 39 heavy (non-hydrogen) atoms. The molecule has 2 aromatic rings. The predicted molar refractivity (Wildman–Crippen MR) is 144 cm³/mol. The van der Waals surface area contributed by atoms with Gasteiger partial charge in [0.25, 0.3) is 0 Å². The molecule has 0 aliphatic carbocycles. The highest BCUT2D eigenvalue weighted by Gasteiger charge is 2.45. The van der Waals surface area contributed by atoms with E-state index in [2.05, 4.69) is 14.8 Å². The molecule has 7 heterocycles. The smallest absolute Gasteiger partial charge is 0.175 e. The quantitative estimate of drug-likeness (QED) is 0.536. The summed E-state index contributed by atoms with van der Waals surface area (Å²) in [5.74, 6) is 2.38. The highest BCUT2D eigenvalue weighted by atomic mass is 32.2. The summed E-state index contributed by atoms with van der Waals surface area (Å²) in [6, 6.07) is 2.30. The third-order valence-electron chi connectivity index (χ3n) is 8.89. The van der Waals surface area contributed by atoms with Crippen molar-refractivity contribution in [3.05, 3.63) is 24.2 Å². The standard InChI is InChI=1S/C27H36N6O5S/c28-22-15-36-16-27(22)3-6-32(7-4-27)25-20(12-34)31-23(10-30-25)39-21-1-5-29-26-24(21)37-13-17-9-19(11-33(17)26)38-18-2-8-35-14-18/h1,5,10,17-19,22,34H,2-4,6-9,11-16,28H2/t17-,18-,19-,22+/m0/s1. The number of ether oxygens (including phenoxy) is 4. The van der Waals surface area contributed by atoms with Crippen LogP contribution in [0.25, 0.3) is 0 Å². The molecule has 2 aromatic heterocycles. The molecule has 11 nitrogen and oxygen atoms in total. The Labute approximate surface area is 232 Å². The molecule has 4 fully saturated rings. The van der Waals surface area contributed by atoms with Gasteiger partial charge in [0.05, 0.1) is 55.8 Å². The second-order valence-corrected chi connectivity index (χ2v) is 12.3. The summed E-state index contributed by atoms with van der Waals surface area (Å²) in [7, 11) is 0. The second-order valence-electron chi connectivity index (χ2n) is 11.3. The van der Waals surface area contributed by atoms with Gasteiger partial charge in [-0.1, -0.05) is 11.8 Å². The van der Waals surface area contributed by atoms with E-state index in [1.807, 2.05) is 12.3 Å². The first-order valence-electron chi connectivity index (χ1n) is 14.0. The zero-order valence-electron chi connectivity index (χ0n) is 22.0. The molecular formula is C27H36N6O5S. The van der Waals surface area contributed by atoms with Crippen LogP contribution in [0.5, 0.6) is 5.75 Å². The van der Waals surface area contributed by atoms with Gasteiger partial charge in [-0.15, -0.1) is 0 Å². The first-order chi connectivity index (χ1) is 19.1. The van der Waals surface area contributed by atoms with E-state index in [1.165, 1.54) is 11.8 Å². The Hall–Kier alpha value is -2.22. The average Bonchev–Trinajstić information content (AvgIpc) is 3.71. The lowest BCUT2D eigenvalue weighted by Gasteiger charge is -2.41. The number of fused-ring (bicyclic) bond motifs is 3. The van der Waals surface area contributed by atoms with Crippen LogP contribution in [0.3, 0.4) is 0 Å². The number of aliphatic hydroxyl groups excluding tert-OH is 1. The van der Waals surface area contributed by atoms with Gasteiger partial charge in [-0.05, 0) is 31.7 Å². The Balaban J connectivity index is 1.05. The van der Waals surface area contributed by atoms with Crippen LogP contribution in [0, 0.1) is 5.41 Å². The summed E-state index contributed by atoms with van der Waals surface area (Å²) in [5.41, 5.74) is 7.00. The van der Waals surface area contributed by atoms with E-state index in [-0.39, 0.29) is 36.3 Å². The minimum absolute atomic E-state index is 0.0605. The molecule has 5 aliphatic rings. The van der Waals surface area contributed by atoms with Gasteiger partial charge in [0, 0.05) is 43.9 Å². The highest BCUT2D eigenvalue weighted by molar-refractivity contribution is 7.99. The minimum atomic E-state index is -0.172. The van der Waals surface area contributed by atoms with Crippen molar-refractivity contribution < 1.29 is 24.1 Å². The van der Waals surface area contributed by atoms with Crippen molar-refractivity contribution in [2.45, 2.75) is 66.5 Å². The van der Waals surface area contributed by atoms with Crippen molar-refractivity contribution >= 4 is 23.4 Å². The summed E-state index contributed by atoms with van der Waals surface area (Å²) in [5, 5.41) is 10.9. The first-order valence-corrected chi connectivity index (χ1v) is 14.8. The van der Waals surface area contributed by atoms with Gasteiger partial charge in [-0.25, -0.2) is 15.0 Å². The van der Waals surface area contributed by atoms with E-state index in [0.29, 0.717) is 30.5 Å². The van der Waals surface area contributed by atoms with Crippen LogP contribution in [0.2, 0.25) is 0 Å². The molecular weight excluding hydrogens is 520 g/mol. The number of nitrogens with two attached hydrogens (primary N) is 1.